The molecule has 0 unspecified atom stereocenters. The van der Waals surface area contributed by atoms with E-state index in [1.54, 1.807) is 9.80 Å². The first-order chi connectivity index (χ1) is 11.3. The highest BCUT2D eigenvalue weighted by Gasteiger charge is 2.39. The molecule has 2 rings (SSSR count). The average Bonchev–Trinajstić information content (AvgIpc) is 2.92. The Labute approximate surface area is 143 Å². The summed E-state index contributed by atoms with van der Waals surface area (Å²) in [5.74, 6) is 1.72. The molecule has 1 aromatic heterocycles. The highest BCUT2D eigenvalue weighted by molar-refractivity contribution is 5.94. The van der Waals surface area contributed by atoms with Gasteiger partial charge >= 0.3 is 0 Å². The van der Waals surface area contributed by atoms with E-state index >= 15 is 0 Å². The van der Waals surface area contributed by atoms with Gasteiger partial charge in [0.05, 0.1) is 13.1 Å². The van der Waals surface area contributed by atoms with E-state index in [0.29, 0.717) is 42.9 Å². The Morgan fingerprint density at radius 3 is 2.50 bits per heavy atom. The quantitative estimate of drug-likeness (QED) is 0.759. The summed E-state index contributed by atoms with van der Waals surface area (Å²) in [5.41, 5.74) is 0. The molecule has 0 bridgehead atoms. The van der Waals surface area contributed by atoms with Gasteiger partial charge < -0.3 is 14.3 Å². The van der Waals surface area contributed by atoms with E-state index in [1.807, 2.05) is 6.92 Å². The summed E-state index contributed by atoms with van der Waals surface area (Å²) in [6.07, 6.45) is 1.34. The van der Waals surface area contributed by atoms with Crippen LogP contribution in [0.3, 0.4) is 0 Å². The Morgan fingerprint density at radius 2 is 1.92 bits per heavy atom. The zero-order valence-electron chi connectivity index (χ0n) is 15.3. The van der Waals surface area contributed by atoms with Gasteiger partial charge in [-0.15, -0.1) is 0 Å². The lowest BCUT2D eigenvalue weighted by Crippen LogP contribution is -2.59. The third-order valence-corrected chi connectivity index (χ3v) is 4.10. The molecule has 0 saturated carbocycles. The molecule has 2 heterocycles. The van der Waals surface area contributed by atoms with Crippen LogP contribution in [0.2, 0.25) is 0 Å². The standard InChI is InChI=1S/C17H28N4O3/c1-6-20-10-16(22)21(13(17(20)23)7-11(2)3)9-14-18-15(24-19-14)8-12(4)5/h11-13H,6-10H2,1-5H3/t13-/m0/s1. The highest BCUT2D eigenvalue weighted by Crippen LogP contribution is 2.21. The normalized spacial score (nSPS) is 19.0. The minimum atomic E-state index is -0.446. The summed E-state index contributed by atoms with van der Waals surface area (Å²) in [4.78, 5) is 32.8. The molecular formula is C17H28N4O3. The van der Waals surface area contributed by atoms with Crippen molar-refractivity contribution in [3.63, 3.8) is 0 Å². The molecule has 0 aliphatic carbocycles. The van der Waals surface area contributed by atoms with Gasteiger partial charge in [0.15, 0.2) is 5.82 Å². The number of piperazine rings is 1. The van der Waals surface area contributed by atoms with Gasteiger partial charge in [-0.1, -0.05) is 32.9 Å². The van der Waals surface area contributed by atoms with Crippen molar-refractivity contribution in [3.05, 3.63) is 11.7 Å². The number of rotatable bonds is 7. The number of amides is 2. The van der Waals surface area contributed by atoms with E-state index in [4.69, 9.17) is 4.52 Å². The van der Waals surface area contributed by atoms with Crippen molar-refractivity contribution in [2.24, 2.45) is 11.8 Å². The zero-order valence-corrected chi connectivity index (χ0v) is 15.3. The summed E-state index contributed by atoms with van der Waals surface area (Å²) in [5, 5.41) is 3.97. The number of hydrogen-bond acceptors (Lipinski definition) is 5. The number of hydrogen-bond donors (Lipinski definition) is 0. The number of carbonyl (C=O) groups is 2. The van der Waals surface area contributed by atoms with Crippen molar-refractivity contribution < 1.29 is 14.1 Å². The molecular weight excluding hydrogens is 308 g/mol. The molecule has 1 atom stereocenters. The van der Waals surface area contributed by atoms with E-state index in [9.17, 15) is 9.59 Å². The van der Waals surface area contributed by atoms with E-state index in [-0.39, 0.29) is 24.9 Å². The number of nitrogens with zero attached hydrogens (tertiary/aromatic N) is 4. The lowest BCUT2D eigenvalue weighted by Gasteiger charge is -2.40. The SMILES string of the molecule is CCN1CC(=O)N(Cc2noc(CC(C)C)n2)[C@@H](CC(C)C)C1=O. The number of likely N-dealkylation sites (N-methyl/N-ethyl adjacent to an activating group) is 1. The predicted molar refractivity (Wildman–Crippen MR) is 88.9 cm³/mol. The maximum atomic E-state index is 12.7. The van der Waals surface area contributed by atoms with Crippen molar-refractivity contribution in [1.82, 2.24) is 19.9 Å². The van der Waals surface area contributed by atoms with Gasteiger partial charge in [0, 0.05) is 13.0 Å². The van der Waals surface area contributed by atoms with E-state index in [0.717, 1.165) is 0 Å². The second kappa shape index (κ2) is 7.77. The average molecular weight is 336 g/mol. The van der Waals surface area contributed by atoms with Gasteiger partial charge in [0.25, 0.3) is 0 Å². The Balaban J connectivity index is 2.16. The van der Waals surface area contributed by atoms with Gasteiger partial charge in [0.2, 0.25) is 17.7 Å². The first-order valence-electron chi connectivity index (χ1n) is 8.71. The van der Waals surface area contributed by atoms with Crippen LogP contribution in [0.25, 0.3) is 0 Å². The third-order valence-electron chi connectivity index (χ3n) is 4.10. The number of aromatic nitrogens is 2. The minimum Gasteiger partial charge on any atom is -0.339 e. The molecule has 134 valence electrons. The van der Waals surface area contributed by atoms with Crippen molar-refractivity contribution in [1.29, 1.82) is 0 Å². The second-order valence-electron chi connectivity index (χ2n) is 7.22. The molecule has 0 spiro atoms. The monoisotopic (exact) mass is 336 g/mol. The maximum Gasteiger partial charge on any atom is 0.245 e. The second-order valence-corrected chi connectivity index (χ2v) is 7.22. The van der Waals surface area contributed by atoms with Crippen LogP contribution in [-0.2, 0) is 22.6 Å². The smallest absolute Gasteiger partial charge is 0.245 e. The summed E-state index contributed by atoms with van der Waals surface area (Å²) in [6, 6.07) is -0.446. The molecule has 1 aliphatic rings. The molecule has 7 heteroatoms. The highest BCUT2D eigenvalue weighted by atomic mass is 16.5. The molecule has 1 aliphatic heterocycles. The molecule has 0 N–H and O–H groups in total. The van der Waals surface area contributed by atoms with Crippen LogP contribution < -0.4 is 0 Å². The molecule has 1 aromatic rings. The molecule has 24 heavy (non-hydrogen) atoms. The van der Waals surface area contributed by atoms with Gasteiger partial charge in [-0.05, 0) is 25.2 Å². The van der Waals surface area contributed by atoms with Crippen LogP contribution >= 0.6 is 0 Å². The fourth-order valence-electron chi connectivity index (χ4n) is 2.93. The van der Waals surface area contributed by atoms with E-state index in [2.05, 4.69) is 37.8 Å². The van der Waals surface area contributed by atoms with Crippen LogP contribution in [-0.4, -0.2) is 50.9 Å². The van der Waals surface area contributed by atoms with Crippen LogP contribution in [0.1, 0.15) is 52.8 Å². The topological polar surface area (TPSA) is 79.5 Å². The third kappa shape index (κ3) is 4.33. The first-order valence-corrected chi connectivity index (χ1v) is 8.71. The van der Waals surface area contributed by atoms with Crippen LogP contribution in [0, 0.1) is 11.8 Å². The number of carbonyl (C=O) groups excluding carboxylic acids is 2. The largest absolute Gasteiger partial charge is 0.339 e. The Kier molecular flexibility index (Phi) is 5.96. The van der Waals surface area contributed by atoms with Gasteiger partial charge in [-0.2, -0.15) is 4.98 Å². The molecule has 7 nitrogen and oxygen atoms in total. The zero-order chi connectivity index (χ0) is 17.9. The molecule has 1 saturated heterocycles. The maximum absolute atomic E-state index is 12.7. The van der Waals surface area contributed by atoms with Gasteiger partial charge in [-0.3, -0.25) is 9.59 Å². The summed E-state index contributed by atoms with van der Waals surface area (Å²) in [7, 11) is 0. The minimum absolute atomic E-state index is 0.0108. The lowest BCUT2D eigenvalue weighted by atomic mass is 9.99. The van der Waals surface area contributed by atoms with Crippen molar-refractivity contribution in [2.75, 3.05) is 13.1 Å². The van der Waals surface area contributed by atoms with Crippen molar-refractivity contribution in [2.45, 2.75) is 60.0 Å². The van der Waals surface area contributed by atoms with Crippen molar-refractivity contribution in [3.8, 4) is 0 Å². The fraction of sp³-hybridized carbons (Fsp3) is 0.765. The fourth-order valence-corrected chi connectivity index (χ4v) is 2.93. The van der Waals surface area contributed by atoms with Gasteiger partial charge in [0.1, 0.15) is 6.04 Å². The molecule has 2 amide bonds. The van der Waals surface area contributed by atoms with Crippen LogP contribution in [0.5, 0.6) is 0 Å². The first kappa shape index (κ1) is 18.4. The van der Waals surface area contributed by atoms with E-state index in [1.165, 1.54) is 0 Å². The van der Waals surface area contributed by atoms with Crippen LogP contribution in [0.4, 0.5) is 0 Å². The molecule has 0 radical (unpaired) electrons. The summed E-state index contributed by atoms with van der Waals surface area (Å²) in [6.45, 7) is 11.1. The predicted octanol–water partition coefficient (Wildman–Crippen LogP) is 1.87. The Hall–Kier alpha value is -1.92. The Morgan fingerprint density at radius 1 is 1.21 bits per heavy atom. The molecule has 1 fully saturated rings. The van der Waals surface area contributed by atoms with Crippen LogP contribution in [0.15, 0.2) is 4.52 Å². The van der Waals surface area contributed by atoms with E-state index < -0.39 is 6.04 Å². The summed E-state index contributed by atoms with van der Waals surface area (Å²) >= 11 is 0. The molecule has 0 aromatic carbocycles. The summed E-state index contributed by atoms with van der Waals surface area (Å²) < 4.78 is 5.24. The Bertz CT molecular complexity index is 582. The van der Waals surface area contributed by atoms with Gasteiger partial charge in [-0.25, -0.2) is 0 Å². The lowest BCUT2D eigenvalue weighted by molar-refractivity contribution is -0.157. The van der Waals surface area contributed by atoms with Crippen molar-refractivity contribution >= 4 is 11.8 Å².